The molecule has 0 unspecified atom stereocenters. The highest BCUT2D eigenvalue weighted by Gasteiger charge is 2.16. The van der Waals surface area contributed by atoms with Crippen molar-refractivity contribution in [3.8, 4) is 0 Å². The molecular weight excluding hydrogens is 254 g/mol. The summed E-state index contributed by atoms with van der Waals surface area (Å²) in [6.45, 7) is 2.46. The first-order valence-electron chi connectivity index (χ1n) is 5.50. The molecule has 2 rings (SSSR count). The number of rotatable bonds is 4. The van der Waals surface area contributed by atoms with E-state index in [1.165, 1.54) is 6.20 Å². The molecule has 2 aromatic heterocycles. The van der Waals surface area contributed by atoms with E-state index in [9.17, 15) is 9.59 Å². The van der Waals surface area contributed by atoms with Crippen LogP contribution in [0.2, 0.25) is 0 Å². The van der Waals surface area contributed by atoms with Crippen molar-refractivity contribution in [2.45, 2.75) is 19.9 Å². The highest BCUT2D eigenvalue weighted by Crippen LogP contribution is 2.11. The van der Waals surface area contributed by atoms with Crippen molar-refractivity contribution < 1.29 is 9.67 Å². The fourth-order valence-corrected chi connectivity index (χ4v) is 2.67. The van der Waals surface area contributed by atoms with Crippen molar-refractivity contribution >= 4 is 11.3 Å². The lowest BCUT2D eigenvalue weighted by Crippen LogP contribution is -2.39. The summed E-state index contributed by atoms with van der Waals surface area (Å²) < 4.78 is 1.93. The van der Waals surface area contributed by atoms with Gasteiger partial charge in [-0.1, -0.05) is 11.3 Å². The number of thiazole rings is 1. The van der Waals surface area contributed by atoms with E-state index in [4.69, 9.17) is 5.11 Å². The quantitative estimate of drug-likeness (QED) is 0.641. The summed E-state index contributed by atoms with van der Waals surface area (Å²) >= 11 is 1.55. The second kappa shape index (κ2) is 5.28. The number of nitrogens with zero attached hydrogens (tertiary/aromatic N) is 1. The third-order valence-corrected chi connectivity index (χ3v) is 3.88. The monoisotopic (exact) mass is 268 g/mol. The average Bonchev–Trinajstić information content (AvgIpc) is 2.66. The van der Waals surface area contributed by atoms with Crippen LogP contribution in [0, 0.1) is 6.92 Å². The lowest BCUT2D eigenvalue weighted by atomic mass is 10.3. The average molecular weight is 268 g/mol. The van der Waals surface area contributed by atoms with E-state index in [1.54, 1.807) is 11.3 Å². The third kappa shape index (κ3) is 2.57. The highest BCUT2D eigenvalue weighted by atomic mass is 32.1. The first-order valence-corrected chi connectivity index (χ1v) is 6.38. The molecule has 0 radical (unpaired) electrons. The van der Waals surface area contributed by atoms with E-state index in [2.05, 4.69) is 9.97 Å². The zero-order valence-electron chi connectivity index (χ0n) is 9.90. The van der Waals surface area contributed by atoms with Gasteiger partial charge in [0.2, 0.25) is 5.51 Å². The SMILES string of the molecule is Cc1c(CCO)sc[n+]1Cc1c[nH]c(=O)[nH]c1=O. The molecule has 0 atom stereocenters. The number of aromatic nitrogens is 3. The summed E-state index contributed by atoms with van der Waals surface area (Å²) in [6.07, 6.45) is 2.04. The summed E-state index contributed by atoms with van der Waals surface area (Å²) in [5.74, 6) is 0. The second-order valence-corrected chi connectivity index (χ2v) is 4.87. The van der Waals surface area contributed by atoms with Crippen LogP contribution in [0.3, 0.4) is 0 Å². The number of nitrogens with one attached hydrogen (secondary N) is 2. The molecule has 0 saturated heterocycles. The summed E-state index contributed by atoms with van der Waals surface area (Å²) in [5, 5.41) is 8.92. The van der Waals surface area contributed by atoms with Gasteiger partial charge in [0.1, 0.15) is 0 Å². The minimum absolute atomic E-state index is 0.112. The Kier molecular flexibility index (Phi) is 3.73. The first-order chi connectivity index (χ1) is 8.61. The molecule has 18 heavy (non-hydrogen) atoms. The number of aromatic amines is 2. The Morgan fingerprint density at radius 2 is 2.22 bits per heavy atom. The van der Waals surface area contributed by atoms with Crippen molar-refractivity contribution in [2.75, 3.05) is 6.61 Å². The summed E-state index contributed by atoms with van der Waals surface area (Å²) in [7, 11) is 0. The summed E-state index contributed by atoms with van der Waals surface area (Å²) in [6, 6.07) is 0. The lowest BCUT2D eigenvalue weighted by molar-refractivity contribution is -0.689. The van der Waals surface area contributed by atoms with E-state index in [-0.39, 0.29) is 12.2 Å². The van der Waals surface area contributed by atoms with Crippen LogP contribution in [0.5, 0.6) is 0 Å². The van der Waals surface area contributed by atoms with Crippen LogP contribution in [-0.4, -0.2) is 21.7 Å². The number of aliphatic hydroxyl groups is 1. The minimum atomic E-state index is -0.503. The molecule has 7 heteroatoms. The third-order valence-electron chi connectivity index (χ3n) is 2.73. The summed E-state index contributed by atoms with van der Waals surface area (Å²) in [5.41, 5.74) is 2.55. The van der Waals surface area contributed by atoms with Gasteiger partial charge >= 0.3 is 5.69 Å². The number of H-pyrrole nitrogens is 2. The molecule has 0 fully saturated rings. The van der Waals surface area contributed by atoms with Crippen LogP contribution < -0.4 is 15.8 Å². The van der Waals surface area contributed by atoms with Crippen LogP contribution in [0.25, 0.3) is 0 Å². The molecule has 0 spiro atoms. The molecule has 96 valence electrons. The topological polar surface area (TPSA) is 89.8 Å². The van der Waals surface area contributed by atoms with Gasteiger partial charge in [-0.25, -0.2) is 4.79 Å². The van der Waals surface area contributed by atoms with E-state index in [0.29, 0.717) is 18.5 Å². The van der Waals surface area contributed by atoms with Gasteiger partial charge in [0.15, 0.2) is 12.2 Å². The van der Waals surface area contributed by atoms with Crippen LogP contribution in [-0.2, 0) is 13.0 Å². The fourth-order valence-electron chi connectivity index (χ4n) is 1.69. The van der Waals surface area contributed by atoms with Gasteiger partial charge in [-0.15, -0.1) is 0 Å². The first kappa shape index (κ1) is 12.7. The Morgan fingerprint density at radius 3 is 2.89 bits per heavy atom. The molecule has 0 aliphatic heterocycles. The van der Waals surface area contributed by atoms with Crippen LogP contribution >= 0.6 is 11.3 Å². The minimum Gasteiger partial charge on any atom is -0.396 e. The molecule has 2 heterocycles. The van der Waals surface area contributed by atoms with Gasteiger partial charge < -0.3 is 10.1 Å². The Bertz CT molecular complexity index is 656. The van der Waals surface area contributed by atoms with Gasteiger partial charge in [0.05, 0.1) is 10.4 Å². The zero-order valence-corrected chi connectivity index (χ0v) is 10.7. The van der Waals surface area contributed by atoms with Crippen LogP contribution in [0.15, 0.2) is 21.3 Å². The smallest absolute Gasteiger partial charge is 0.325 e. The molecule has 0 aliphatic rings. The van der Waals surface area contributed by atoms with Crippen molar-refractivity contribution in [1.82, 2.24) is 9.97 Å². The van der Waals surface area contributed by atoms with E-state index in [1.807, 2.05) is 17.0 Å². The van der Waals surface area contributed by atoms with Gasteiger partial charge in [0.25, 0.3) is 5.56 Å². The molecule has 0 amide bonds. The summed E-state index contributed by atoms with van der Waals surface area (Å²) in [4.78, 5) is 28.2. The Hall–Kier alpha value is -1.73. The van der Waals surface area contributed by atoms with Gasteiger partial charge in [-0.3, -0.25) is 9.78 Å². The molecule has 0 aromatic carbocycles. The second-order valence-electron chi connectivity index (χ2n) is 3.93. The van der Waals surface area contributed by atoms with E-state index in [0.717, 1.165) is 10.6 Å². The van der Waals surface area contributed by atoms with Crippen molar-refractivity contribution in [1.29, 1.82) is 0 Å². The Morgan fingerprint density at radius 1 is 1.44 bits per heavy atom. The molecule has 2 aromatic rings. The predicted molar refractivity (Wildman–Crippen MR) is 66.8 cm³/mol. The highest BCUT2D eigenvalue weighted by molar-refractivity contribution is 7.09. The van der Waals surface area contributed by atoms with Crippen LogP contribution in [0.4, 0.5) is 0 Å². The molecule has 0 bridgehead atoms. The Balaban J connectivity index is 2.29. The van der Waals surface area contributed by atoms with Gasteiger partial charge in [0, 0.05) is 26.1 Å². The van der Waals surface area contributed by atoms with Crippen molar-refractivity contribution in [2.24, 2.45) is 0 Å². The molecular formula is C11H14N3O3S+. The number of hydrogen-bond donors (Lipinski definition) is 3. The molecule has 0 aliphatic carbocycles. The van der Waals surface area contributed by atoms with Gasteiger partial charge in [-0.05, 0) is 0 Å². The maximum Gasteiger partial charge on any atom is 0.325 e. The maximum absolute atomic E-state index is 11.6. The zero-order chi connectivity index (χ0) is 13.1. The molecule has 3 N–H and O–H groups in total. The number of hydrogen-bond acceptors (Lipinski definition) is 4. The van der Waals surface area contributed by atoms with Crippen molar-refractivity contribution in [3.05, 3.63) is 48.7 Å². The fraction of sp³-hybridized carbons (Fsp3) is 0.364. The molecule has 0 saturated carbocycles. The van der Waals surface area contributed by atoms with Crippen molar-refractivity contribution in [3.63, 3.8) is 0 Å². The molecule has 6 nitrogen and oxygen atoms in total. The van der Waals surface area contributed by atoms with E-state index < -0.39 is 5.69 Å². The lowest BCUT2D eigenvalue weighted by Gasteiger charge is -1.96. The largest absolute Gasteiger partial charge is 0.396 e. The van der Waals surface area contributed by atoms with Crippen LogP contribution in [0.1, 0.15) is 16.1 Å². The van der Waals surface area contributed by atoms with E-state index >= 15 is 0 Å². The maximum atomic E-state index is 11.6. The number of aliphatic hydroxyl groups excluding tert-OH is 1. The Labute approximate surface area is 107 Å². The van der Waals surface area contributed by atoms with Gasteiger partial charge in [-0.2, -0.15) is 4.57 Å². The standard InChI is InChI=1S/C11H13N3O3S/c1-7-9(2-3-15)18-6-14(7)5-8-4-12-11(17)13-10(8)16/h4,6,15H,2-3,5H2,1H3,(H-,12,13,16,17)/p+1. The normalized spacial score (nSPS) is 10.8. The predicted octanol–water partition coefficient (Wildman–Crippen LogP) is -0.696.